The van der Waals surface area contributed by atoms with Gasteiger partial charge in [0.15, 0.2) is 0 Å². The van der Waals surface area contributed by atoms with E-state index in [4.69, 9.17) is 0 Å². The molecule has 0 atom stereocenters. The maximum Gasteiger partial charge on any atom is 0.141 e. The van der Waals surface area contributed by atoms with Gasteiger partial charge in [0.05, 0.1) is 5.69 Å². The first-order chi connectivity index (χ1) is 13.2. The molecular formula is C23H21FN2O. The van der Waals surface area contributed by atoms with E-state index in [1.807, 2.05) is 36.4 Å². The summed E-state index contributed by atoms with van der Waals surface area (Å²) in [6, 6.07) is 16.1. The number of hydrogen-bond acceptors (Lipinski definition) is 3. The maximum atomic E-state index is 13.3. The lowest BCUT2D eigenvalue weighted by molar-refractivity contribution is 0.287. The van der Waals surface area contributed by atoms with Crippen LogP contribution in [0, 0.1) is 5.82 Å². The van der Waals surface area contributed by atoms with Crippen LogP contribution < -0.4 is 0 Å². The van der Waals surface area contributed by atoms with E-state index < -0.39 is 0 Å². The summed E-state index contributed by atoms with van der Waals surface area (Å²) in [5, 5.41) is 10.9. The van der Waals surface area contributed by atoms with Crippen LogP contribution in [0.4, 0.5) is 4.39 Å². The molecule has 2 aromatic carbocycles. The van der Waals surface area contributed by atoms with Gasteiger partial charge < -0.3 is 5.11 Å². The molecule has 1 aliphatic rings. The van der Waals surface area contributed by atoms with E-state index >= 15 is 0 Å². The summed E-state index contributed by atoms with van der Waals surface area (Å²) >= 11 is 0. The number of aromatic hydroxyl groups is 1. The van der Waals surface area contributed by atoms with E-state index in [-0.39, 0.29) is 11.6 Å². The number of allylic oxidation sites excluding steroid dienone is 1. The topological polar surface area (TPSA) is 36.4 Å². The molecule has 0 saturated carbocycles. The molecule has 2 heterocycles. The molecule has 4 rings (SSSR count). The first-order valence-corrected chi connectivity index (χ1v) is 9.10. The zero-order chi connectivity index (χ0) is 18.6. The van der Waals surface area contributed by atoms with E-state index in [1.54, 1.807) is 18.2 Å². The average molecular weight is 360 g/mol. The summed E-state index contributed by atoms with van der Waals surface area (Å²) in [6.07, 6.45) is 7.23. The van der Waals surface area contributed by atoms with E-state index in [9.17, 15) is 9.50 Å². The molecule has 1 N–H and O–H groups in total. The highest BCUT2D eigenvalue weighted by Crippen LogP contribution is 2.23. The van der Waals surface area contributed by atoms with Gasteiger partial charge in [-0.15, -0.1) is 0 Å². The third-order valence-electron chi connectivity index (χ3n) is 4.81. The first-order valence-electron chi connectivity index (χ1n) is 9.10. The van der Waals surface area contributed by atoms with Crippen molar-refractivity contribution >= 4 is 17.0 Å². The van der Waals surface area contributed by atoms with Crippen molar-refractivity contribution in [3.05, 3.63) is 89.4 Å². The fraction of sp³-hybridized carbons (Fsp3) is 0.174. The van der Waals surface area contributed by atoms with Gasteiger partial charge in [0.25, 0.3) is 0 Å². The summed E-state index contributed by atoms with van der Waals surface area (Å²) in [5.74, 6) is 0.0187. The maximum absolute atomic E-state index is 13.3. The monoisotopic (exact) mass is 360 g/mol. The molecule has 0 spiro atoms. The van der Waals surface area contributed by atoms with Gasteiger partial charge >= 0.3 is 0 Å². The van der Waals surface area contributed by atoms with Crippen LogP contribution in [0.2, 0.25) is 0 Å². The standard InChI is InChI=1S/C23H21FN2O/c24-20-5-1-3-18(15-20)16-26-13-11-17(12-14-26)7-9-21-10-8-19-4-2-6-22(27)23(19)25-21/h1-11,15,27H,12-14,16H2. The zero-order valence-electron chi connectivity index (χ0n) is 15.0. The molecule has 0 unspecified atom stereocenters. The molecule has 0 aliphatic carbocycles. The van der Waals surface area contributed by atoms with Crippen LogP contribution in [-0.4, -0.2) is 28.1 Å². The Labute approximate surface area is 158 Å². The van der Waals surface area contributed by atoms with Crippen LogP contribution in [0.3, 0.4) is 0 Å². The number of benzene rings is 2. The number of para-hydroxylation sites is 1. The summed E-state index contributed by atoms with van der Waals surface area (Å²) in [5.41, 5.74) is 3.72. The quantitative estimate of drug-likeness (QED) is 0.717. The highest BCUT2D eigenvalue weighted by atomic mass is 19.1. The molecule has 0 saturated heterocycles. The molecule has 4 heteroatoms. The third kappa shape index (κ3) is 4.23. The SMILES string of the molecule is Oc1cccc2ccc(C=CC3=CCN(Cc4cccc(F)c4)CC3)nc12. The Morgan fingerprint density at radius 2 is 1.96 bits per heavy atom. The molecule has 0 radical (unpaired) electrons. The van der Waals surface area contributed by atoms with Gasteiger partial charge in [-0.3, -0.25) is 4.90 Å². The Hall–Kier alpha value is -2.98. The molecule has 27 heavy (non-hydrogen) atoms. The minimum Gasteiger partial charge on any atom is -0.506 e. The van der Waals surface area contributed by atoms with Gasteiger partial charge in [-0.05, 0) is 47.9 Å². The van der Waals surface area contributed by atoms with Crippen LogP contribution in [0.25, 0.3) is 17.0 Å². The second-order valence-electron chi connectivity index (χ2n) is 6.81. The smallest absolute Gasteiger partial charge is 0.141 e. The molecule has 3 nitrogen and oxygen atoms in total. The van der Waals surface area contributed by atoms with Crippen LogP contribution in [-0.2, 0) is 6.54 Å². The Morgan fingerprint density at radius 1 is 1.07 bits per heavy atom. The van der Waals surface area contributed by atoms with E-state index in [1.165, 1.54) is 11.6 Å². The second-order valence-corrected chi connectivity index (χ2v) is 6.81. The number of aromatic nitrogens is 1. The molecule has 1 aromatic heterocycles. The number of hydrogen-bond donors (Lipinski definition) is 1. The summed E-state index contributed by atoms with van der Waals surface area (Å²) in [6.45, 7) is 2.55. The lowest BCUT2D eigenvalue weighted by atomic mass is 10.1. The normalized spacial score (nSPS) is 15.4. The van der Waals surface area contributed by atoms with Crippen LogP contribution in [0.5, 0.6) is 5.75 Å². The Balaban J connectivity index is 1.42. The number of fused-ring (bicyclic) bond motifs is 1. The van der Waals surface area contributed by atoms with Crippen molar-refractivity contribution in [3.63, 3.8) is 0 Å². The molecule has 136 valence electrons. The summed E-state index contributed by atoms with van der Waals surface area (Å²) in [4.78, 5) is 6.83. The van der Waals surface area contributed by atoms with Crippen molar-refractivity contribution in [1.29, 1.82) is 0 Å². The van der Waals surface area contributed by atoms with Crippen molar-refractivity contribution in [1.82, 2.24) is 9.88 Å². The number of phenolic OH excluding ortho intramolecular Hbond substituents is 1. The number of rotatable bonds is 4. The molecule has 0 fully saturated rings. The van der Waals surface area contributed by atoms with Crippen LogP contribution >= 0.6 is 0 Å². The average Bonchev–Trinajstić information content (AvgIpc) is 2.68. The van der Waals surface area contributed by atoms with Gasteiger partial charge in [-0.25, -0.2) is 9.37 Å². The van der Waals surface area contributed by atoms with E-state index in [0.717, 1.165) is 42.7 Å². The van der Waals surface area contributed by atoms with Crippen molar-refractivity contribution in [2.45, 2.75) is 13.0 Å². The van der Waals surface area contributed by atoms with Crippen LogP contribution in [0.15, 0.2) is 72.3 Å². The van der Waals surface area contributed by atoms with Gasteiger partial charge in [-0.1, -0.05) is 42.5 Å². The fourth-order valence-electron chi connectivity index (χ4n) is 3.35. The first kappa shape index (κ1) is 17.4. The lowest BCUT2D eigenvalue weighted by Crippen LogP contribution is -2.28. The van der Waals surface area contributed by atoms with Gasteiger partial charge in [0.1, 0.15) is 17.1 Å². The van der Waals surface area contributed by atoms with Crippen molar-refractivity contribution in [2.75, 3.05) is 13.1 Å². The highest BCUT2D eigenvalue weighted by Gasteiger charge is 2.11. The highest BCUT2D eigenvalue weighted by molar-refractivity contribution is 5.85. The van der Waals surface area contributed by atoms with Crippen molar-refractivity contribution in [2.24, 2.45) is 0 Å². The molecule has 3 aromatic rings. The van der Waals surface area contributed by atoms with Crippen molar-refractivity contribution in [3.8, 4) is 5.75 Å². The minimum atomic E-state index is -0.183. The van der Waals surface area contributed by atoms with E-state index in [2.05, 4.69) is 22.0 Å². The largest absolute Gasteiger partial charge is 0.506 e. The fourth-order valence-corrected chi connectivity index (χ4v) is 3.35. The lowest BCUT2D eigenvalue weighted by Gasteiger charge is -2.25. The van der Waals surface area contributed by atoms with Crippen LogP contribution in [0.1, 0.15) is 17.7 Å². The predicted molar refractivity (Wildman–Crippen MR) is 107 cm³/mol. The third-order valence-corrected chi connectivity index (χ3v) is 4.81. The molecule has 0 amide bonds. The molecule has 1 aliphatic heterocycles. The van der Waals surface area contributed by atoms with E-state index in [0.29, 0.717) is 5.52 Å². The number of nitrogens with zero attached hydrogens (tertiary/aromatic N) is 2. The number of phenols is 1. The Kier molecular flexibility index (Phi) is 4.99. The zero-order valence-corrected chi connectivity index (χ0v) is 15.0. The number of halogens is 1. The predicted octanol–water partition coefficient (Wildman–Crippen LogP) is 4.93. The second kappa shape index (κ2) is 7.72. The Morgan fingerprint density at radius 3 is 2.78 bits per heavy atom. The van der Waals surface area contributed by atoms with Gasteiger partial charge in [0.2, 0.25) is 0 Å². The van der Waals surface area contributed by atoms with Gasteiger partial charge in [-0.2, -0.15) is 0 Å². The Bertz CT molecular complexity index is 1030. The summed E-state index contributed by atoms with van der Waals surface area (Å²) in [7, 11) is 0. The number of pyridine rings is 1. The van der Waals surface area contributed by atoms with Gasteiger partial charge in [0, 0.05) is 25.0 Å². The summed E-state index contributed by atoms with van der Waals surface area (Å²) < 4.78 is 13.3. The molecule has 0 bridgehead atoms. The molecular weight excluding hydrogens is 339 g/mol. The minimum absolute atomic E-state index is 0.183. The van der Waals surface area contributed by atoms with Crippen molar-refractivity contribution < 1.29 is 9.50 Å².